The first-order valence-electron chi connectivity index (χ1n) is 7.19. The molecular formula is C15H25N3O. The van der Waals surface area contributed by atoms with E-state index in [1.165, 1.54) is 11.3 Å². The van der Waals surface area contributed by atoms with E-state index >= 15 is 0 Å². The summed E-state index contributed by atoms with van der Waals surface area (Å²) in [5.41, 5.74) is 8.74. The highest BCUT2D eigenvalue weighted by atomic mass is 16.3. The van der Waals surface area contributed by atoms with Crippen LogP contribution >= 0.6 is 0 Å². The Labute approximate surface area is 115 Å². The van der Waals surface area contributed by atoms with Gasteiger partial charge in [-0.05, 0) is 18.1 Å². The Kier molecular flexibility index (Phi) is 5.19. The predicted octanol–water partition coefficient (Wildman–Crippen LogP) is 1.21. The van der Waals surface area contributed by atoms with Gasteiger partial charge in [-0.15, -0.1) is 0 Å². The van der Waals surface area contributed by atoms with Gasteiger partial charge in [0.1, 0.15) is 0 Å². The number of benzene rings is 1. The number of rotatable bonds is 5. The second-order valence-corrected chi connectivity index (χ2v) is 5.13. The number of nitrogens with two attached hydrogens (primary N) is 1. The molecule has 4 nitrogen and oxygen atoms in total. The molecule has 1 atom stereocenters. The Morgan fingerprint density at radius 1 is 1.21 bits per heavy atom. The monoisotopic (exact) mass is 263 g/mol. The van der Waals surface area contributed by atoms with Crippen molar-refractivity contribution in [3.8, 4) is 0 Å². The van der Waals surface area contributed by atoms with Crippen molar-refractivity contribution in [2.75, 3.05) is 44.2 Å². The van der Waals surface area contributed by atoms with Gasteiger partial charge in [-0.25, -0.2) is 0 Å². The van der Waals surface area contributed by atoms with Crippen LogP contribution in [-0.4, -0.2) is 49.3 Å². The largest absolute Gasteiger partial charge is 0.395 e. The maximum absolute atomic E-state index is 8.98. The van der Waals surface area contributed by atoms with Gasteiger partial charge >= 0.3 is 0 Å². The van der Waals surface area contributed by atoms with E-state index in [1.54, 1.807) is 0 Å². The van der Waals surface area contributed by atoms with E-state index in [-0.39, 0.29) is 12.6 Å². The van der Waals surface area contributed by atoms with E-state index in [9.17, 15) is 0 Å². The molecule has 0 unspecified atom stereocenters. The van der Waals surface area contributed by atoms with E-state index < -0.39 is 0 Å². The maximum Gasteiger partial charge on any atom is 0.0558 e. The molecule has 0 saturated carbocycles. The zero-order chi connectivity index (χ0) is 13.7. The molecule has 1 fully saturated rings. The Hall–Kier alpha value is -1.10. The van der Waals surface area contributed by atoms with Crippen LogP contribution in [0.15, 0.2) is 24.3 Å². The lowest BCUT2D eigenvalue weighted by Gasteiger charge is -2.37. The fourth-order valence-electron chi connectivity index (χ4n) is 2.66. The Bertz CT molecular complexity index is 389. The van der Waals surface area contributed by atoms with Crippen molar-refractivity contribution >= 4 is 5.69 Å². The first-order chi connectivity index (χ1) is 9.26. The highest BCUT2D eigenvalue weighted by molar-refractivity contribution is 5.55. The summed E-state index contributed by atoms with van der Waals surface area (Å²) in [6, 6.07) is 8.58. The van der Waals surface area contributed by atoms with Crippen molar-refractivity contribution in [2.24, 2.45) is 5.73 Å². The Morgan fingerprint density at radius 2 is 1.89 bits per heavy atom. The molecule has 0 radical (unpaired) electrons. The van der Waals surface area contributed by atoms with Crippen LogP contribution in [0.25, 0.3) is 0 Å². The van der Waals surface area contributed by atoms with Gasteiger partial charge in [0, 0.05) is 44.5 Å². The van der Waals surface area contributed by atoms with Crippen molar-refractivity contribution in [1.29, 1.82) is 0 Å². The first kappa shape index (κ1) is 14.3. The number of hydrogen-bond donors (Lipinski definition) is 2. The second kappa shape index (κ2) is 6.89. The zero-order valence-corrected chi connectivity index (χ0v) is 11.8. The summed E-state index contributed by atoms with van der Waals surface area (Å²) in [5, 5.41) is 8.98. The number of para-hydroxylation sites is 1. The molecule has 1 saturated heterocycles. The van der Waals surface area contributed by atoms with Crippen LogP contribution < -0.4 is 10.6 Å². The molecule has 0 bridgehead atoms. The van der Waals surface area contributed by atoms with Crippen LogP contribution in [0.4, 0.5) is 5.69 Å². The molecule has 4 heteroatoms. The third-order valence-corrected chi connectivity index (χ3v) is 3.91. The summed E-state index contributed by atoms with van der Waals surface area (Å²) >= 11 is 0. The minimum Gasteiger partial charge on any atom is -0.395 e. The smallest absolute Gasteiger partial charge is 0.0558 e. The second-order valence-electron chi connectivity index (χ2n) is 5.13. The summed E-state index contributed by atoms with van der Waals surface area (Å²) in [7, 11) is 0. The number of aliphatic hydroxyl groups excluding tert-OH is 1. The predicted molar refractivity (Wildman–Crippen MR) is 79.4 cm³/mol. The number of aliphatic hydroxyl groups is 1. The van der Waals surface area contributed by atoms with Crippen molar-refractivity contribution in [1.82, 2.24) is 4.90 Å². The number of nitrogens with zero attached hydrogens (tertiary/aromatic N) is 2. The van der Waals surface area contributed by atoms with Gasteiger partial charge in [0.05, 0.1) is 6.61 Å². The third kappa shape index (κ3) is 3.47. The molecule has 0 spiro atoms. The van der Waals surface area contributed by atoms with E-state index in [1.807, 2.05) is 0 Å². The summed E-state index contributed by atoms with van der Waals surface area (Å²) < 4.78 is 0. The van der Waals surface area contributed by atoms with E-state index in [0.717, 1.165) is 39.1 Å². The third-order valence-electron chi connectivity index (χ3n) is 3.91. The number of anilines is 1. The normalized spacial score (nSPS) is 18.6. The van der Waals surface area contributed by atoms with Crippen LogP contribution in [0, 0.1) is 0 Å². The minimum atomic E-state index is 0.117. The topological polar surface area (TPSA) is 52.7 Å². The molecule has 19 heavy (non-hydrogen) atoms. The summed E-state index contributed by atoms with van der Waals surface area (Å²) in [6.07, 6.45) is 0.960. The molecule has 1 aromatic rings. The van der Waals surface area contributed by atoms with Gasteiger partial charge in [0.15, 0.2) is 0 Å². The van der Waals surface area contributed by atoms with Crippen LogP contribution in [-0.2, 0) is 0 Å². The fraction of sp³-hybridized carbons (Fsp3) is 0.600. The first-order valence-corrected chi connectivity index (χ1v) is 7.19. The average Bonchev–Trinajstić information content (AvgIpc) is 2.47. The standard InChI is InChI=1S/C15H25N3O/c1-2-14(16)13-5-3-4-6-15(13)18-9-7-17(8-10-18)11-12-19/h3-6,14,19H,2,7-12,16H2,1H3/t14-/m1/s1. The SMILES string of the molecule is CC[C@@H](N)c1ccccc1N1CCN(CCO)CC1. The van der Waals surface area contributed by atoms with E-state index in [0.29, 0.717) is 0 Å². The van der Waals surface area contributed by atoms with Crippen molar-refractivity contribution in [2.45, 2.75) is 19.4 Å². The van der Waals surface area contributed by atoms with E-state index in [4.69, 9.17) is 10.8 Å². The fourth-order valence-corrected chi connectivity index (χ4v) is 2.66. The van der Waals surface area contributed by atoms with Crippen molar-refractivity contribution in [3.63, 3.8) is 0 Å². The molecule has 1 heterocycles. The number of hydrogen-bond acceptors (Lipinski definition) is 4. The number of β-amino-alcohol motifs (C(OH)–C–C–N with tert-alkyl or cyclic N) is 1. The molecule has 1 aromatic carbocycles. The lowest BCUT2D eigenvalue weighted by molar-refractivity contribution is 0.188. The quantitative estimate of drug-likeness (QED) is 0.838. The summed E-state index contributed by atoms with van der Waals surface area (Å²) in [6.45, 7) is 7.19. The molecule has 3 N–H and O–H groups in total. The van der Waals surface area contributed by atoms with Crippen molar-refractivity contribution in [3.05, 3.63) is 29.8 Å². The highest BCUT2D eigenvalue weighted by Gasteiger charge is 2.19. The van der Waals surface area contributed by atoms with Gasteiger partial charge in [0.25, 0.3) is 0 Å². The molecule has 0 aliphatic carbocycles. The van der Waals surface area contributed by atoms with Gasteiger partial charge in [0.2, 0.25) is 0 Å². The lowest BCUT2D eigenvalue weighted by atomic mass is 10.0. The van der Waals surface area contributed by atoms with Crippen LogP contribution in [0.2, 0.25) is 0 Å². The van der Waals surface area contributed by atoms with Crippen LogP contribution in [0.1, 0.15) is 24.9 Å². The molecule has 2 rings (SSSR count). The maximum atomic E-state index is 8.98. The molecule has 1 aliphatic heterocycles. The van der Waals surface area contributed by atoms with Gasteiger partial charge < -0.3 is 15.7 Å². The molecular weight excluding hydrogens is 238 g/mol. The lowest BCUT2D eigenvalue weighted by Crippen LogP contribution is -2.47. The van der Waals surface area contributed by atoms with Gasteiger partial charge in [-0.2, -0.15) is 0 Å². The van der Waals surface area contributed by atoms with Crippen LogP contribution in [0.3, 0.4) is 0 Å². The van der Waals surface area contributed by atoms with Gasteiger partial charge in [-0.1, -0.05) is 25.1 Å². The van der Waals surface area contributed by atoms with Crippen LogP contribution in [0.5, 0.6) is 0 Å². The van der Waals surface area contributed by atoms with Crippen molar-refractivity contribution < 1.29 is 5.11 Å². The average molecular weight is 263 g/mol. The zero-order valence-electron chi connectivity index (χ0n) is 11.8. The summed E-state index contributed by atoms with van der Waals surface area (Å²) in [4.78, 5) is 4.72. The molecule has 0 aromatic heterocycles. The summed E-state index contributed by atoms with van der Waals surface area (Å²) in [5.74, 6) is 0. The highest BCUT2D eigenvalue weighted by Crippen LogP contribution is 2.27. The molecule has 1 aliphatic rings. The Balaban J connectivity index is 2.07. The molecule has 106 valence electrons. The Morgan fingerprint density at radius 3 is 2.53 bits per heavy atom. The minimum absolute atomic E-state index is 0.117. The van der Waals surface area contributed by atoms with E-state index in [2.05, 4.69) is 41.0 Å². The van der Waals surface area contributed by atoms with Gasteiger partial charge in [-0.3, -0.25) is 4.90 Å². The molecule has 0 amide bonds. The number of piperazine rings is 1.